The molecule has 9 nitrogen and oxygen atoms in total. The number of aromatic nitrogens is 3. The minimum atomic E-state index is -3.19. The molecule has 212 valence electrons. The average molecular weight is 564 g/mol. The van der Waals surface area contributed by atoms with Crippen LogP contribution in [0, 0.1) is 5.92 Å². The number of imidazole rings is 1. The molecule has 1 amide bonds. The van der Waals surface area contributed by atoms with Gasteiger partial charge in [0.25, 0.3) is 5.91 Å². The Kier molecular flexibility index (Phi) is 8.39. The van der Waals surface area contributed by atoms with Crippen molar-refractivity contribution >= 4 is 26.7 Å². The third-order valence-corrected chi connectivity index (χ3v) is 9.27. The number of carbonyl (C=O) groups is 1. The fraction of sp³-hybridized carbons (Fsp3) is 0.400. The summed E-state index contributed by atoms with van der Waals surface area (Å²) in [5.41, 5.74) is 3.47. The Morgan fingerprint density at radius 1 is 1.12 bits per heavy atom. The van der Waals surface area contributed by atoms with Gasteiger partial charge >= 0.3 is 0 Å². The van der Waals surface area contributed by atoms with Crippen molar-refractivity contribution in [3.05, 3.63) is 78.6 Å². The highest BCUT2D eigenvalue weighted by Crippen LogP contribution is 2.37. The Hall–Kier alpha value is -3.47. The molecule has 1 aliphatic rings. The average Bonchev–Trinajstić information content (AvgIpc) is 3.65. The Bertz CT molecular complexity index is 1550. The number of aromatic amines is 1. The molecule has 0 radical (unpaired) electrons. The van der Waals surface area contributed by atoms with E-state index in [9.17, 15) is 13.2 Å². The van der Waals surface area contributed by atoms with Crippen LogP contribution in [0.4, 0.5) is 0 Å². The van der Waals surface area contributed by atoms with Gasteiger partial charge < -0.3 is 19.2 Å². The number of methoxy groups -OCH3 is 1. The third kappa shape index (κ3) is 5.99. The van der Waals surface area contributed by atoms with Gasteiger partial charge in [0.2, 0.25) is 10.0 Å². The first-order chi connectivity index (χ1) is 19.3. The number of hydrogen-bond acceptors (Lipinski definition) is 5. The van der Waals surface area contributed by atoms with Crippen molar-refractivity contribution in [2.45, 2.75) is 25.3 Å². The van der Waals surface area contributed by atoms with Crippen molar-refractivity contribution in [3.63, 3.8) is 0 Å². The SMILES string of the molecule is COCCN(C)C(=O)c1cn(C(CC2CCN(S(C)(=O)=O)CC2)c2cnc[nH]2)cc1-c1cccc2ccccc12. The number of nitrogens with zero attached hydrogens (tertiary/aromatic N) is 4. The van der Waals surface area contributed by atoms with Gasteiger partial charge in [-0.2, -0.15) is 0 Å². The van der Waals surface area contributed by atoms with Gasteiger partial charge in [0, 0.05) is 51.7 Å². The lowest BCUT2D eigenvalue weighted by molar-refractivity contribution is 0.0745. The fourth-order valence-electron chi connectivity index (χ4n) is 5.69. The summed E-state index contributed by atoms with van der Waals surface area (Å²) >= 11 is 0. The normalized spacial score (nSPS) is 15.9. The van der Waals surface area contributed by atoms with Gasteiger partial charge in [-0.15, -0.1) is 0 Å². The number of piperidine rings is 1. The lowest BCUT2D eigenvalue weighted by Gasteiger charge is -2.32. The van der Waals surface area contributed by atoms with E-state index in [0.29, 0.717) is 37.7 Å². The van der Waals surface area contributed by atoms with Crippen LogP contribution in [0.25, 0.3) is 21.9 Å². The van der Waals surface area contributed by atoms with Gasteiger partial charge in [0.15, 0.2) is 0 Å². The van der Waals surface area contributed by atoms with Crippen molar-refractivity contribution in [2.24, 2.45) is 5.92 Å². The van der Waals surface area contributed by atoms with Gasteiger partial charge in [-0.1, -0.05) is 42.5 Å². The summed E-state index contributed by atoms with van der Waals surface area (Å²) in [7, 11) is 0.242. The first-order valence-electron chi connectivity index (χ1n) is 13.6. The molecular formula is C30H37N5O4S. The molecule has 0 bridgehead atoms. The molecule has 2 aromatic heterocycles. The standard InChI is InChI=1S/C30H37N5O4S/c1-33(15-16-39-2)30(36)27-20-34(19-26(27)25-10-6-8-23-7-4-5-9-24(23)25)29(28-18-31-21-32-28)17-22-11-13-35(14-12-22)40(3,37)38/h4-10,18-22,29H,11-17H2,1-3H3,(H,31,32). The first kappa shape index (κ1) is 28.1. The third-order valence-electron chi connectivity index (χ3n) is 7.97. The van der Waals surface area contributed by atoms with Crippen molar-refractivity contribution in [1.29, 1.82) is 0 Å². The number of carbonyl (C=O) groups excluding carboxylic acids is 1. The lowest BCUT2D eigenvalue weighted by atomic mass is 9.90. The molecule has 1 fully saturated rings. The van der Waals surface area contributed by atoms with E-state index in [-0.39, 0.29) is 11.9 Å². The molecule has 4 aromatic rings. The summed E-state index contributed by atoms with van der Waals surface area (Å²) in [5.74, 6) is 0.266. The highest BCUT2D eigenvalue weighted by molar-refractivity contribution is 7.88. The Morgan fingerprint density at radius 2 is 1.88 bits per heavy atom. The number of ether oxygens (including phenoxy) is 1. The number of sulfonamides is 1. The molecular weight excluding hydrogens is 526 g/mol. The summed E-state index contributed by atoms with van der Waals surface area (Å²) in [4.78, 5) is 23.1. The Balaban J connectivity index is 1.55. The van der Waals surface area contributed by atoms with Crippen LogP contribution in [0.15, 0.2) is 67.4 Å². The van der Waals surface area contributed by atoms with Crippen molar-refractivity contribution < 1.29 is 17.9 Å². The zero-order chi connectivity index (χ0) is 28.3. The van der Waals surface area contributed by atoms with Crippen LogP contribution in [0.3, 0.4) is 0 Å². The first-order valence-corrected chi connectivity index (χ1v) is 15.5. The number of fused-ring (bicyclic) bond motifs is 1. The van der Waals surface area contributed by atoms with E-state index in [1.165, 1.54) is 6.26 Å². The molecule has 0 saturated carbocycles. The number of benzene rings is 2. The molecule has 5 rings (SSSR count). The molecule has 1 saturated heterocycles. The molecule has 1 unspecified atom stereocenters. The topological polar surface area (TPSA) is 101 Å². The molecule has 3 heterocycles. The molecule has 1 aliphatic heterocycles. The number of H-pyrrole nitrogens is 1. The van der Waals surface area contributed by atoms with E-state index in [1.807, 2.05) is 30.6 Å². The number of likely N-dealkylation sites (N-methyl/N-ethyl adjacent to an activating group) is 1. The maximum Gasteiger partial charge on any atom is 0.255 e. The summed E-state index contributed by atoms with van der Waals surface area (Å²) < 4.78 is 33.0. The van der Waals surface area contributed by atoms with Gasteiger partial charge in [-0.25, -0.2) is 17.7 Å². The maximum atomic E-state index is 13.8. The summed E-state index contributed by atoms with van der Waals surface area (Å²) in [6, 6.07) is 14.3. The van der Waals surface area contributed by atoms with Crippen LogP contribution in [0.5, 0.6) is 0 Å². The van der Waals surface area contributed by atoms with Crippen LogP contribution < -0.4 is 0 Å². The molecule has 0 aliphatic carbocycles. The molecule has 40 heavy (non-hydrogen) atoms. The van der Waals surface area contributed by atoms with Crippen LogP contribution >= 0.6 is 0 Å². The number of amides is 1. The van der Waals surface area contributed by atoms with Gasteiger partial charge in [0.1, 0.15) is 0 Å². The molecule has 2 aromatic carbocycles. The Labute approximate surface area is 235 Å². The molecule has 1 atom stereocenters. The van der Waals surface area contributed by atoms with E-state index in [0.717, 1.165) is 46.9 Å². The van der Waals surface area contributed by atoms with E-state index < -0.39 is 10.0 Å². The second kappa shape index (κ2) is 12.0. The Morgan fingerprint density at radius 3 is 2.58 bits per heavy atom. The van der Waals surface area contributed by atoms with Gasteiger partial charge in [-0.05, 0) is 41.5 Å². The minimum Gasteiger partial charge on any atom is -0.383 e. The zero-order valence-corrected chi connectivity index (χ0v) is 24.1. The second-order valence-corrected chi connectivity index (χ2v) is 12.6. The highest BCUT2D eigenvalue weighted by Gasteiger charge is 2.30. The van der Waals surface area contributed by atoms with Crippen molar-refractivity contribution in [3.8, 4) is 11.1 Å². The van der Waals surface area contributed by atoms with E-state index >= 15 is 0 Å². The van der Waals surface area contributed by atoms with Gasteiger partial charge in [0.05, 0.1) is 42.7 Å². The number of hydrogen-bond donors (Lipinski definition) is 1. The van der Waals surface area contributed by atoms with Crippen molar-refractivity contribution in [2.75, 3.05) is 46.7 Å². The van der Waals surface area contributed by atoms with E-state index in [1.54, 1.807) is 29.7 Å². The smallest absolute Gasteiger partial charge is 0.255 e. The predicted octanol–water partition coefficient (Wildman–Crippen LogP) is 4.40. The van der Waals surface area contributed by atoms with E-state index in [4.69, 9.17) is 4.74 Å². The van der Waals surface area contributed by atoms with Gasteiger partial charge in [-0.3, -0.25) is 4.79 Å². The quantitative estimate of drug-likeness (QED) is 0.308. The molecule has 10 heteroatoms. The highest BCUT2D eigenvalue weighted by atomic mass is 32.2. The van der Waals surface area contributed by atoms with Crippen LogP contribution in [0.2, 0.25) is 0 Å². The maximum absolute atomic E-state index is 13.8. The summed E-state index contributed by atoms with van der Waals surface area (Å²) in [5, 5.41) is 2.20. The van der Waals surface area contributed by atoms with E-state index in [2.05, 4.69) is 45.0 Å². The molecule has 0 spiro atoms. The number of nitrogens with one attached hydrogen (secondary N) is 1. The summed E-state index contributed by atoms with van der Waals surface area (Å²) in [6.07, 6.45) is 11.2. The lowest BCUT2D eigenvalue weighted by Crippen LogP contribution is -2.38. The molecule has 1 N–H and O–H groups in total. The van der Waals surface area contributed by atoms with Crippen LogP contribution in [-0.2, 0) is 14.8 Å². The fourth-order valence-corrected chi connectivity index (χ4v) is 6.56. The van der Waals surface area contributed by atoms with Crippen LogP contribution in [-0.4, -0.2) is 84.7 Å². The second-order valence-electron chi connectivity index (χ2n) is 10.6. The van der Waals surface area contributed by atoms with Crippen molar-refractivity contribution in [1.82, 2.24) is 23.7 Å². The predicted molar refractivity (Wildman–Crippen MR) is 157 cm³/mol. The summed E-state index contributed by atoms with van der Waals surface area (Å²) in [6.45, 7) is 1.99. The largest absolute Gasteiger partial charge is 0.383 e. The minimum absolute atomic E-state index is 0.0662. The monoisotopic (exact) mass is 563 g/mol. The zero-order valence-electron chi connectivity index (χ0n) is 23.3. The number of rotatable bonds is 10. The van der Waals surface area contributed by atoms with Crippen LogP contribution in [0.1, 0.15) is 41.4 Å².